The maximum atomic E-state index is 13.8. The highest BCUT2D eigenvalue weighted by molar-refractivity contribution is 9.10. The third kappa shape index (κ3) is 4.88. The number of nitrogens with one attached hydrogen (secondary N) is 1. The third-order valence-electron chi connectivity index (χ3n) is 3.55. The number of amides is 1. The molecule has 1 saturated heterocycles. The van der Waals surface area contributed by atoms with E-state index in [1.807, 2.05) is 20.8 Å². The molecule has 0 bridgehead atoms. The van der Waals surface area contributed by atoms with Gasteiger partial charge in [0.05, 0.1) is 4.47 Å². The number of benzene rings is 1. The van der Waals surface area contributed by atoms with Crippen molar-refractivity contribution in [3.8, 4) is 0 Å². The summed E-state index contributed by atoms with van der Waals surface area (Å²) in [4.78, 5) is 13.6. The van der Waals surface area contributed by atoms with Crippen molar-refractivity contribution in [1.82, 2.24) is 10.2 Å². The molecule has 1 heterocycles. The predicted octanol–water partition coefficient (Wildman–Crippen LogP) is 3.83. The van der Waals surface area contributed by atoms with Gasteiger partial charge in [0.1, 0.15) is 17.2 Å². The molecule has 1 N–H and O–H groups in total. The van der Waals surface area contributed by atoms with Gasteiger partial charge in [-0.05, 0) is 55.3 Å². The number of rotatable bonds is 3. The van der Waals surface area contributed by atoms with Gasteiger partial charge in [-0.1, -0.05) is 0 Å². The smallest absolute Gasteiger partial charge is 0.410 e. The van der Waals surface area contributed by atoms with Crippen LogP contribution in [0, 0.1) is 11.6 Å². The number of nitrogens with zero attached hydrogens (tertiary/aromatic N) is 1. The number of hydrogen-bond acceptors (Lipinski definition) is 3. The molecule has 4 nitrogen and oxygen atoms in total. The van der Waals surface area contributed by atoms with Gasteiger partial charge in [-0.2, -0.15) is 0 Å². The van der Waals surface area contributed by atoms with E-state index in [-0.39, 0.29) is 28.7 Å². The molecule has 1 amide bonds. The van der Waals surface area contributed by atoms with E-state index in [0.717, 1.165) is 18.6 Å². The third-order valence-corrected chi connectivity index (χ3v) is 4.40. The standard InChI is InChI=1S/C16H21BrF2N2O2/c1-16(2,3)23-15(22)21-7-6-10(9-21)20-8-11-12(18)4-5-13(19)14(11)17/h4-5,10,20H,6-9H2,1-3H3/t10-/m1/s1. The minimum Gasteiger partial charge on any atom is -0.444 e. The molecule has 1 aromatic carbocycles. The van der Waals surface area contributed by atoms with Crippen LogP contribution in [0.1, 0.15) is 32.8 Å². The van der Waals surface area contributed by atoms with Crippen LogP contribution in [0.15, 0.2) is 16.6 Å². The molecule has 1 fully saturated rings. The van der Waals surface area contributed by atoms with Crippen molar-refractivity contribution in [2.75, 3.05) is 13.1 Å². The zero-order chi connectivity index (χ0) is 17.2. The van der Waals surface area contributed by atoms with Crippen molar-refractivity contribution in [3.63, 3.8) is 0 Å². The van der Waals surface area contributed by atoms with Gasteiger partial charge >= 0.3 is 6.09 Å². The van der Waals surface area contributed by atoms with Crippen LogP contribution in [-0.4, -0.2) is 35.7 Å². The van der Waals surface area contributed by atoms with Gasteiger partial charge in [-0.3, -0.25) is 0 Å². The lowest BCUT2D eigenvalue weighted by atomic mass is 10.2. The van der Waals surface area contributed by atoms with Gasteiger partial charge in [0.15, 0.2) is 0 Å². The summed E-state index contributed by atoms with van der Waals surface area (Å²) >= 11 is 3.07. The average Bonchev–Trinajstić information content (AvgIpc) is 2.90. The summed E-state index contributed by atoms with van der Waals surface area (Å²) in [5.74, 6) is -0.960. The van der Waals surface area contributed by atoms with Crippen LogP contribution in [0.2, 0.25) is 0 Å². The molecule has 0 radical (unpaired) electrons. The highest BCUT2D eigenvalue weighted by atomic mass is 79.9. The van der Waals surface area contributed by atoms with Crippen molar-refractivity contribution in [1.29, 1.82) is 0 Å². The fourth-order valence-corrected chi connectivity index (χ4v) is 2.86. The van der Waals surface area contributed by atoms with E-state index in [9.17, 15) is 13.6 Å². The Morgan fingerprint density at radius 2 is 2.04 bits per heavy atom. The van der Waals surface area contributed by atoms with Gasteiger partial charge in [0, 0.05) is 31.2 Å². The van der Waals surface area contributed by atoms with E-state index in [0.29, 0.717) is 13.1 Å². The second-order valence-corrected chi connectivity index (χ2v) is 7.41. The molecule has 0 saturated carbocycles. The summed E-state index contributed by atoms with van der Waals surface area (Å²) in [5, 5.41) is 3.17. The Morgan fingerprint density at radius 1 is 1.39 bits per heavy atom. The Labute approximate surface area is 143 Å². The monoisotopic (exact) mass is 390 g/mol. The Morgan fingerprint density at radius 3 is 2.70 bits per heavy atom. The highest BCUT2D eigenvalue weighted by Crippen LogP contribution is 2.24. The Hall–Kier alpha value is -1.21. The molecular weight excluding hydrogens is 370 g/mol. The molecule has 1 atom stereocenters. The van der Waals surface area contributed by atoms with E-state index in [4.69, 9.17) is 4.74 Å². The average molecular weight is 391 g/mol. The zero-order valence-electron chi connectivity index (χ0n) is 13.5. The normalized spacial score (nSPS) is 18.3. The van der Waals surface area contributed by atoms with E-state index in [1.165, 1.54) is 0 Å². The van der Waals surface area contributed by atoms with Crippen molar-refractivity contribution >= 4 is 22.0 Å². The highest BCUT2D eigenvalue weighted by Gasteiger charge is 2.29. The summed E-state index contributed by atoms with van der Waals surface area (Å²) < 4.78 is 32.7. The maximum absolute atomic E-state index is 13.8. The lowest BCUT2D eigenvalue weighted by Crippen LogP contribution is -2.38. The number of likely N-dealkylation sites (tertiary alicyclic amines) is 1. The summed E-state index contributed by atoms with van der Waals surface area (Å²) in [6.45, 7) is 6.72. The molecule has 7 heteroatoms. The fourth-order valence-electron chi connectivity index (χ4n) is 2.40. The Kier molecular flexibility index (Phi) is 5.62. The Bertz CT molecular complexity index is 590. The van der Waals surface area contributed by atoms with E-state index < -0.39 is 17.2 Å². The summed E-state index contributed by atoms with van der Waals surface area (Å²) in [5.41, 5.74) is -0.279. The van der Waals surface area contributed by atoms with Gasteiger partial charge in [0.2, 0.25) is 0 Å². The molecule has 2 rings (SSSR count). The quantitative estimate of drug-likeness (QED) is 0.797. The summed E-state index contributed by atoms with van der Waals surface area (Å²) in [6.07, 6.45) is 0.397. The number of hydrogen-bond donors (Lipinski definition) is 1. The minimum absolute atomic E-state index is 0.0251. The summed E-state index contributed by atoms with van der Waals surface area (Å²) in [7, 11) is 0. The van der Waals surface area contributed by atoms with Gasteiger partial charge in [-0.15, -0.1) is 0 Å². The van der Waals surface area contributed by atoms with E-state index in [1.54, 1.807) is 4.90 Å². The van der Waals surface area contributed by atoms with Crippen LogP contribution in [0.4, 0.5) is 13.6 Å². The second-order valence-electron chi connectivity index (χ2n) is 6.61. The number of ether oxygens (including phenoxy) is 1. The van der Waals surface area contributed by atoms with Crippen LogP contribution in [-0.2, 0) is 11.3 Å². The molecule has 1 aromatic rings. The Balaban J connectivity index is 1.90. The van der Waals surface area contributed by atoms with Crippen LogP contribution in [0.3, 0.4) is 0 Å². The van der Waals surface area contributed by atoms with Crippen molar-refractivity contribution < 1.29 is 18.3 Å². The van der Waals surface area contributed by atoms with Crippen molar-refractivity contribution in [2.45, 2.75) is 45.4 Å². The molecule has 1 aliphatic rings. The van der Waals surface area contributed by atoms with Crippen LogP contribution in [0.5, 0.6) is 0 Å². The molecule has 0 aliphatic carbocycles. The first-order valence-corrected chi connectivity index (χ1v) is 8.30. The van der Waals surface area contributed by atoms with Gasteiger partial charge in [-0.25, -0.2) is 13.6 Å². The van der Waals surface area contributed by atoms with E-state index >= 15 is 0 Å². The fraction of sp³-hybridized carbons (Fsp3) is 0.562. The number of carbonyl (C=O) groups is 1. The first-order valence-electron chi connectivity index (χ1n) is 7.51. The lowest BCUT2D eigenvalue weighted by Gasteiger charge is -2.24. The first-order chi connectivity index (χ1) is 10.7. The van der Waals surface area contributed by atoms with Crippen LogP contribution in [0.25, 0.3) is 0 Å². The molecular formula is C16H21BrF2N2O2. The summed E-state index contributed by atoms with van der Waals surface area (Å²) in [6, 6.07) is 2.22. The topological polar surface area (TPSA) is 41.6 Å². The minimum atomic E-state index is -0.530. The van der Waals surface area contributed by atoms with Crippen molar-refractivity contribution in [2.24, 2.45) is 0 Å². The van der Waals surface area contributed by atoms with E-state index in [2.05, 4.69) is 21.2 Å². The van der Waals surface area contributed by atoms with Gasteiger partial charge < -0.3 is 15.0 Å². The van der Waals surface area contributed by atoms with Crippen LogP contribution >= 0.6 is 15.9 Å². The largest absolute Gasteiger partial charge is 0.444 e. The lowest BCUT2D eigenvalue weighted by molar-refractivity contribution is 0.0291. The maximum Gasteiger partial charge on any atom is 0.410 e. The first kappa shape index (κ1) is 18.1. The molecule has 1 aliphatic heterocycles. The van der Waals surface area contributed by atoms with Gasteiger partial charge in [0.25, 0.3) is 0 Å². The molecule has 23 heavy (non-hydrogen) atoms. The molecule has 128 valence electrons. The SMILES string of the molecule is CC(C)(C)OC(=O)N1CC[C@@H](NCc2c(F)ccc(F)c2Br)C1. The molecule has 0 spiro atoms. The van der Waals surface area contributed by atoms with Crippen LogP contribution < -0.4 is 5.32 Å². The molecule has 0 unspecified atom stereocenters. The number of halogens is 3. The van der Waals surface area contributed by atoms with Crippen molar-refractivity contribution in [3.05, 3.63) is 33.8 Å². The predicted molar refractivity (Wildman–Crippen MR) is 87.1 cm³/mol. The molecule has 0 aromatic heterocycles. The zero-order valence-corrected chi connectivity index (χ0v) is 15.0. The number of carbonyl (C=O) groups excluding carboxylic acids is 1. The second kappa shape index (κ2) is 7.13.